The van der Waals surface area contributed by atoms with E-state index in [-0.39, 0.29) is 20.7 Å². The summed E-state index contributed by atoms with van der Waals surface area (Å²) in [7, 11) is 2.78. The Bertz CT molecular complexity index is 1420. The van der Waals surface area contributed by atoms with Crippen LogP contribution in [0.1, 0.15) is 24.1 Å². The van der Waals surface area contributed by atoms with Crippen molar-refractivity contribution in [1.29, 1.82) is 0 Å². The number of aromatic nitrogens is 1. The maximum atomic E-state index is 14.3. The standard InChI is InChI=1S/C23H18ClFN2O4S/c1-12-19(22(29)31-3)20(13-7-4-5-10-17(13)30-2)27-21(28)18(32-23(27)26-12)11-14-15(24)8-6-9-16(14)25/h4-11,20H,1-3H3/b18-11-/t20-/m0/s1. The summed E-state index contributed by atoms with van der Waals surface area (Å²) in [5.41, 5.74) is 0.917. The number of benzene rings is 2. The fourth-order valence-corrected chi connectivity index (χ4v) is 4.90. The lowest BCUT2D eigenvalue weighted by molar-refractivity contribution is -0.136. The summed E-state index contributed by atoms with van der Waals surface area (Å²) in [6, 6.07) is 10.6. The number of esters is 1. The van der Waals surface area contributed by atoms with Crippen molar-refractivity contribution in [3.63, 3.8) is 0 Å². The van der Waals surface area contributed by atoms with Crippen molar-refractivity contribution in [3.8, 4) is 5.75 Å². The minimum absolute atomic E-state index is 0.108. The van der Waals surface area contributed by atoms with E-state index in [0.717, 1.165) is 11.3 Å². The number of thiazole rings is 1. The molecule has 0 bridgehead atoms. The molecule has 0 aliphatic carbocycles. The van der Waals surface area contributed by atoms with Gasteiger partial charge in [0.2, 0.25) is 0 Å². The zero-order valence-corrected chi connectivity index (χ0v) is 19.0. The number of para-hydroxylation sites is 1. The molecule has 0 unspecified atom stereocenters. The van der Waals surface area contributed by atoms with E-state index >= 15 is 0 Å². The Morgan fingerprint density at radius 1 is 1.22 bits per heavy atom. The summed E-state index contributed by atoms with van der Waals surface area (Å²) in [5.74, 6) is -0.648. The van der Waals surface area contributed by atoms with Gasteiger partial charge in [-0.15, -0.1) is 0 Å². The zero-order valence-electron chi connectivity index (χ0n) is 17.4. The Morgan fingerprint density at radius 3 is 2.66 bits per heavy atom. The topological polar surface area (TPSA) is 69.9 Å². The molecule has 9 heteroatoms. The third-order valence-corrected chi connectivity index (χ3v) is 6.45. The van der Waals surface area contributed by atoms with Gasteiger partial charge in [-0.05, 0) is 31.2 Å². The number of hydrogen-bond acceptors (Lipinski definition) is 6. The van der Waals surface area contributed by atoms with Crippen molar-refractivity contribution in [2.24, 2.45) is 4.99 Å². The molecule has 1 atom stereocenters. The zero-order chi connectivity index (χ0) is 23.0. The highest BCUT2D eigenvalue weighted by Gasteiger charge is 2.34. The molecule has 0 N–H and O–H groups in total. The van der Waals surface area contributed by atoms with Crippen molar-refractivity contribution in [2.75, 3.05) is 14.2 Å². The molecule has 4 rings (SSSR count). The number of fused-ring (bicyclic) bond motifs is 1. The fraction of sp³-hybridized carbons (Fsp3) is 0.174. The number of hydrogen-bond donors (Lipinski definition) is 0. The van der Waals surface area contributed by atoms with Gasteiger partial charge in [0.1, 0.15) is 17.6 Å². The first-order valence-corrected chi connectivity index (χ1v) is 10.7. The first-order chi connectivity index (χ1) is 15.4. The van der Waals surface area contributed by atoms with Crippen molar-refractivity contribution in [3.05, 3.63) is 95.4 Å². The molecule has 0 radical (unpaired) electrons. The fourth-order valence-electron chi connectivity index (χ4n) is 3.66. The number of carbonyl (C=O) groups excluding carboxylic acids is 1. The normalized spacial score (nSPS) is 15.9. The monoisotopic (exact) mass is 472 g/mol. The van der Waals surface area contributed by atoms with Crippen LogP contribution in [0.4, 0.5) is 4.39 Å². The lowest BCUT2D eigenvalue weighted by Crippen LogP contribution is -2.40. The predicted octanol–water partition coefficient (Wildman–Crippen LogP) is 3.21. The van der Waals surface area contributed by atoms with Crippen LogP contribution in [0.15, 0.2) is 63.5 Å². The number of nitrogens with zero attached hydrogens (tertiary/aromatic N) is 2. The Morgan fingerprint density at radius 2 is 1.97 bits per heavy atom. The molecule has 0 saturated heterocycles. The summed E-state index contributed by atoms with van der Waals surface area (Å²) in [5, 5.41) is 0.184. The molecule has 1 aliphatic heterocycles. The third-order valence-electron chi connectivity index (χ3n) is 5.14. The van der Waals surface area contributed by atoms with Gasteiger partial charge in [0.15, 0.2) is 4.80 Å². The van der Waals surface area contributed by atoms with Gasteiger partial charge >= 0.3 is 5.97 Å². The average Bonchev–Trinajstić information content (AvgIpc) is 3.09. The highest BCUT2D eigenvalue weighted by molar-refractivity contribution is 7.07. The Hall–Kier alpha value is -3.23. The van der Waals surface area contributed by atoms with Gasteiger partial charge in [-0.25, -0.2) is 14.2 Å². The SMILES string of the molecule is COC(=O)C1=C(C)N=c2s/c(=C\c3c(F)cccc3Cl)c(=O)n2[C@H]1c1ccccc1OC. The first kappa shape index (κ1) is 22.0. The maximum absolute atomic E-state index is 14.3. The van der Waals surface area contributed by atoms with Crippen LogP contribution < -0.4 is 19.6 Å². The number of allylic oxidation sites excluding steroid dienone is 1. The van der Waals surface area contributed by atoms with E-state index in [1.54, 1.807) is 37.3 Å². The molecule has 1 aromatic heterocycles. The van der Waals surface area contributed by atoms with E-state index in [9.17, 15) is 14.0 Å². The molecule has 6 nitrogen and oxygen atoms in total. The second-order valence-electron chi connectivity index (χ2n) is 6.95. The molecular formula is C23H18ClFN2O4S. The van der Waals surface area contributed by atoms with Crippen LogP contribution >= 0.6 is 22.9 Å². The minimum atomic E-state index is -0.826. The maximum Gasteiger partial charge on any atom is 0.338 e. The minimum Gasteiger partial charge on any atom is -0.496 e. The summed E-state index contributed by atoms with van der Waals surface area (Å²) in [6.07, 6.45) is 1.40. The van der Waals surface area contributed by atoms with Gasteiger partial charge in [-0.1, -0.05) is 47.2 Å². The summed E-state index contributed by atoms with van der Waals surface area (Å²) in [6.45, 7) is 1.68. The Labute approximate surface area is 191 Å². The molecule has 32 heavy (non-hydrogen) atoms. The van der Waals surface area contributed by atoms with E-state index in [4.69, 9.17) is 21.1 Å². The summed E-state index contributed by atoms with van der Waals surface area (Å²) >= 11 is 7.23. The van der Waals surface area contributed by atoms with Gasteiger partial charge in [-0.2, -0.15) is 0 Å². The summed E-state index contributed by atoms with van der Waals surface area (Å²) < 4.78 is 26.5. The summed E-state index contributed by atoms with van der Waals surface area (Å²) in [4.78, 5) is 31.0. The van der Waals surface area contributed by atoms with Crippen LogP contribution in [0.3, 0.4) is 0 Å². The molecule has 0 amide bonds. The first-order valence-electron chi connectivity index (χ1n) is 9.55. The van der Waals surface area contributed by atoms with E-state index in [1.165, 1.54) is 37.0 Å². The Balaban J connectivity index is 2.04. The van der Waals surface area contributed by atoms with Gasteiger partial charge in [-0.3, -0.25) is 9.36 Å². The number of rotatable bonds is 4. The molecule has 3 aromatic rings. The largest absolute Gasteiger partial charge is 0.496 e. The molecule has 1 aliphatic rings. The van der Waals surface area contributed by atoms with E-state index in [1.807, 2.05) is 0 Å². The predicted molar refractivity (Wildman–Crippen MR) is 120 cm³/mol. The van der Waals surface area contributed by atoms with Gasteiger partial charge < -0.3 is 9.47 Å². The highest BCUT2D eigenvalue weighted by Crippen LogP contribution is 2.35. The van der Waals surface area contributed by atoms with Gasteiger partial charge in [0, 0.05) is 11.1 Å². The average molecular weight is 473 g/mol. The molecular weight excluding hydrogens is 455 g/mol. The van der Waals surface area contributed by atoms with E-state index in [2.05, 4.69) is 4.99 Å². The van der Waals surface area contributed by atoms with Crippen LogP contribution in [0, 0.1) is 5.82 Å². The molecule has 2 heterocycles. The second-order valence-corrected chi connectivity index (χ2v) is 8.37. The van der Waals surface area contributed by atoms with Crippen LogP contribution in [-0.4, -0.2) is 24.8 Å². The lowest BCUT2D eigenvalue weighted by Gasteiger charge is -2.25. The van der Waals surface area contributed by atoms with Crippen molar-refractivity contribution < 1.29 is 18.7 Å². The van der Waals surface area contributed by atoms with Crippen LogP contribution in [0.5, 0.6) is 5.75 Å². The number of halogens is 2. The van der Waals surface area contributed by atoms with Gasteiger partial charge in [0.05, 0.1) is 35.0 Å². The van der Waals surface area contributed by atoms with Crippen molar-refractivity contribution in [2.45, 2.75) is 13.0 Å². The number of methoxy groups -OCH3 is 2. The van der Waals surface area contributed by atoms with Crippen LogP contribution in [0.2, 0.25) is 5.02 Å². The smallest absolute Gasteiger partial charge is 0.338 e. The van der Waals surface area contributed by atoms with E-state index in [0.29, 0.717) is 21.8 Å². The van der Waals surface area contributed by atoms with Crippen LogP contribution in [0.25, 0.3) is 6.08 Å². The number of carbonyl (C=O) groups is 1. The van der Waals surface area contributed by atoms with Crippen molar-refractivity contribution in [1.82, 2.24) is 4.57 Å². The third kappa shape index (κ3) is 3.65. The molecule has 164 valence electrons. The Kier molecular flexibility index (Phi) is 5.99. The molecule has 0 saturated carbocycles. The van der Waals surface area contributed by atoms with Crippen molar-refractivity contribution >= 4 is 35.0 Å². The highest BCUT2D eigenvalue weighted by atomic mass is 35.5. The quantitative estimate of drug-likeness (QED) is 0.547. The van der Waals surface area contributed by atoms with E-state index < -0.39 is 23.4 Å². The molecule has 0 fully saturated rings. The van der Waals surface area contributed by atoms with Gasteiger partial charge in [0.25, 0.3) is 5.56 Å². The van der Waals surface area contributed by atoms with Crippen LogP contribution in [-0.2, 0) is 9.53 Å². The molecule has 0 spiro atoms. The second kappa shape index (κ2) is 8.72. The lowest BCUT2D eigenvalue weighted by atomic mass is 9.95. The molecule has 2 aromatic carbocycles. The number of ether oxygens (including phenoxy) is 2.